The van der Waals surface area contributed by atoms with Crippen molar-refractivity contribution in [3.8, 4) is 11.6 Å². The fourth-order valence-corrected chi connectivity index (χ4v) is 2.61. The van der Waals surface area contributed by atoms with Crippen LogP contribution in [0.2, 0.25) is 0 Å². The highest BCUT2D eigenvalue weighted by atomic mass is 16.6. The van der Waals surface area contributed by atoms with Crippen LogP contribution in [0.1, 0.15) is 11.1 Å². The van der Waals surface area contributed by atoms with Gasteiger partial charge in [-0.1, -0.05) is 42.5 Å². The van der Waals surface area contributed by atoms with Crippen LogP contribution in [0.4, 0.5) is 5.69 Å². The van der Waals surface area contributed by atoms with Gasteiger partial charge in [0.05, 0.1) is 16.2 Å². The van der Waals surface area contributed by atoms with Crippen LogP contribution in [0.15, 0.2) is 76.3 Å². The number of nitro benzene ring substituents is 1. The molecule has 0 saturated heterocycles. The second-order valence-electron chi connectivity index (χ2n) is 5.70. The summed E-state index contributed by atoms with van der Waals surface area (Å²) in [6.07, 6.45) is 5.77. The predicted molar refractivity (Wildman–Crippen MR) is 105 cm³/mol. The van der Waals surface area contributed by atoms with Gasteiger partial charge in [-0.25, -0.2) is 9.36 Å². The van der Waals surface area contributed by atoms with Gasteiger partial charge in [-0.15, -0.1) is 0 Å². The molecule has 8 heteroatoms. The first-order valence-corrected chi connectivity index (χ1v) is 8.21. The zero-order valence-electron chi connectivity index (χ0n) is 14.5. The topological polar surface area (TPSA) is 118 Å². The van der Waals surface area contributed by atoms with E-state index in [-0.39, 0.29) is 11.3 Å². The maximum Gasteiger partial charge on any atom is 0.335 e. The summed E-state index contributed by atoms with van der Waals surface area (Å²) in [4.78, 5) is 36.8. The van der Waals surface area contributed by atoms with E-state index in [0.717, 1.165) is 4.57 Å². The predicted octanol–water partition coefficient (Wildman–Crippen LogP) is 2.87. The first-order valence-electron chi connectivity index (χ1n) is 8.21. The maximum atomic E-state index is 12.1. The van der Waals surface area contributed by atoms with E-state index < -0.39 is 22.1 Å². The minimum Gasteiger partial charge on any atom is -0.494 e. The molecule has 0 atom stereocenters. The van der Waals surface area contributed by atoms with Crippen molar-refractivity contribution in [2.45, 2.75) is 0 Å². The first kappa shape index (κ1) is 18.6. The standard InChI is InChI=1S/C20H15N3O5/c24-18-16(12-6-4-8-14-9-5-7-13-17(14)23(27)28)19(25)22(20(26)21-18)15-10-2-1-3-11-15/h1-13,25H,(H,21,24,26). The fourth-order valence-electron chi connectivity index (χ4n) is 2.61. The zero-order chi connectivity index (χ0) is 20.1. The molecule has 0 bridgehead atoms. The normalized spacial score (nSPS) is 11.3. The van der Waals surface area contributed by atoms with Crippen molar-refractivity contribution in [3.63, 3.8) is 0 Å². The molecule has 3 aromatic rings. The van der Waals surface area contributed by atoms with E-state index in [1.165, 1.54) is 30.4 Å². The van der Waals surface area contributed by atoms with E-state index >= 15 is 0 Å². The monoisotopic (exact) mass is 377 g/mol. The van der Waals surface area contributed by atoms with Gasteiger partial charge < -0.3 is 5.11 Å². The van der Waals surface area contributed by atoms with Crippen LogP contribution in [-0.2, 0) is 0 Å². The SMILES string of the molecule is O=c1[nH]c(=O)n(-c2ccccc2)c(O)c1C=CC=Cc1ccccc1[N+](=O)[O-]. The number of nitro groups is 1. The van der Waals surface area contributed by atoms with Crippen molar-refractivity contribution >= 4 is 17.8 Å². The number of aromatic amines is 1. The number of rotatable bonds is 5. The lowest BCUT2D eigenvalue weighted by Crippen LogP contribution is -2.30. The van der Waals surface area contributed by atoms with E-state index in [4.69, 9.17) is 0 Å². The molecular formula is C20H15N3O5. The molecule has 0 radical (unpaired) electrons. The van der Waals surface area contributed by atoms with Gasteiger partial charge in [-0.05, 0) is 30.4 Å². The molecule has 1 aromatic heterocycles. The lowest BCUT2D eigenvalue weighted by molar-refractivity contribution is -0.385. The Labute approximate surface area is 158 Å². The Hall–Kier alpha value is -4.20. The van der Waals surface area contributed by atoms with Crippen LogP contribution < -0.4 is 11.2 Å². The van der Waals surface area contributed by atoms with Crippen molar-refractivity contribution < 1.29 is 10.0 Å². The summed E-state index contributed by atoms with van der Waals surface area (Å²) >= 11 is 0. The van der Waals surface area contributed by atoms with Crippen LogP contribution >= 0.6 is 0 Å². The highest BCUT2D eigenvalue weighted by molar-refractivity contribution is 5.64. The highest BCUT2D eigenvalue weighted by Gasteiger charge is 2.13. The van der Waals surface area contributed by atoms with Gasteiger partial charge in [0.2, 0.25) is 5.88 Å². The summed E-state index contributed by atoms with van der Waals surface area (Å²) in [6.45, 7) is 0. The van der Waals surface area contributed by atoms with Gasteiger partial charge in [-0.2, -0.15) is 0 Å². The average Bonchev–Trinajstić information content (AvgIpc) is 2.68. The number of aromatic hydroxyl groups is 1. The Morgan fingerprint density at radius 2 is 1.61 bits per heavy atom. The molecule has 2 N–H and O–H groups in total. The fraction of sp³-hybridized carbons (Fsp3) is 0. The molecule has 0 fully saturated rings. The van der Waals surface area contributed by atoms with Crippen molar-refractivity contribution in [3.05, 3.63) is 109 Å². The largest absolute Gasteiger partial charge is 0.494 e. The number of hydrogen-bond donors (Lipinski definition) is 2. The van der Waals surface area contributed by atoms with E-state index in [0.29, 0.717) is 11.3 Å². The number of benzene rings is 2. The van der Waals surface area contributed by atoms with Crippen LogP contribution in [0.25, 0.3) is 17.8 Å². The minimum absolute atomic E-state index is 0.0505. The minimum atomic E-state index is -0.763. The third-order valence-corrected chi connectivity index (χ3v) is 3.92. The molecule has 28 heavy (non-hydrogen) atoms. The summed E-state index contributed by atoms with van der Waals surface area (Å²) < 4.78 is 0.979. The molecule has 0 unspecified atom stereocenters. The Morgan fingerprint density at radius 3 is 2.32 bits per heavy atom. The average molecular weight is 377 g/mol. The summed E-state index contributed by atoms with van der Waals surface area (Å²) in [5.41, 5.74) is -0.886. The zero-order valence-corrected chi connectivity index (χ0v) is 14.5. The van der Waals surface area contributed by atoms with Gasteiger partial charge >= 0.3 is 5.69 Å². The first-order chi connectivity index (χ1) is 13.5. The number of aromatic nitrogens is 2. The van der Waals surface area contributed by atoms with Gasteiger partial charge in [0.15, 0.2) is 0 Å². The molecule has 1 heterocycles. The Balaban J connectivity index is 1.96. The van der Waals surface area contributed by atoms with E-state index in [1.54, 1.807) is 48.5 Å². The Bertz CT molecular complexity index is 1190. The van der Waals surface area contributed by atoms with Crippen molar-refractivity contribution in [2.24, 2.45) is 0 Å². The summed E-state index contributed by atoms with van der Waals surface area (Å²) in [5, 5.41) is 21.4. The number of nitrogens with zero attached hydrogens (tertiary/aromatic N) is 2. The molecule has 0 aliphatic heterocycles. The van der Waals surface area contributed by atoms with E-state index in [2.05, 4.69) is 4.98 Å². The van der Waals surface area contributed by atoms with Gasteiger partial charge in [0.1, 0.15) is 5.56 Å². The van der Waals surface area contributed by atoms with Gasteiger partial charge in [-0.3, -0.25) is 19.9 Å². The quantitative estimate of drug-likeness (QED) is 0.403. The Kier molecular flexibility index (Phi) is 5.31. The summed E-state index contributed by atoms with van der Waals surface area (Å²) in [7, 11) is 0. The summed E-state index contributed by atoms with van der Waals surface area (Å²) in [6, 6.07) is 14.6. The molecule has 8 nitrogen and oxygen atoms in total. The second-order valence-corrected chi connectivity index (χ2v) is 5.70. The second kappa shape index (κ2) is 8.00. The number of para-hydroxylation sites is 2. The summed E-state index contributed by atoms with van der Waals surface area (Å²) in [5.74, 6) is -0.504. The third-order valence-electron chi connectivity index (χ3n) is 3.92. The highest BCUT2D eigenvalue weighted by Crippen LogP contribution is 2.20. The van der Waals surface area contributed by atoms with Crippen LogP contribution in [-0.4, -0.2) is 19.6 Å². The molecule has 3 rings (SSSR count). The van der Waals surface area contributed by atoms with Crippen LogP contribution in [0, 0.1) is 10.1 Å². The van der Waals surface area contributed by atoms with E-state index in [9.17, 15) is 24.8 Å². The Morgan fingerprint density at radius 1 is 0.964 bits per heavy atom. The van der Waals surface area contributed by atoms with Crippen molar-refractivity contribution in [2.75, 3.05) is 0 Å². The number of allylic oxidation sites excluding steroid dienone is 2. The molecule has 0 aliphatic carbocycles. The smallest absolute Gasteiger partial charge is 0.335 e. The number of H-pyrrole nitrogens is 1. The third kappa shape index (κ3) is 3.80. The molecular weight excluding hydrogens is 362 g/mol. The lowest BCUT2D eigenvalue weighted by atomic mass is 10.1. The number of hydrogen-bond acceptors (Lipinski definition) is 5. The molecule has 0 saturated carbocycles. The van der Waals surface area contributed by atoms with Crippen molar-refractivity contribution in [1.82, 2.24) is 9.55 Å². The van der Waals surface area contributed by atoms with Crippen LogP contribution in [0.3, 0.4) is 0 Å². The lowest BCUT2D eigenvalue weighted by Gasteiger charge is -2.09. The van der Waals surface area contributed by atoms with E-state index in [1.807, 2.05) is 0 Å². The number of nitrogens with one attached hydrogen (secondary N) is 1. The molecule has 0 amide bonds. The maximum absolute atomic E-state index is 12.1. The van der Waals surface area contributed by atoms with Crippen LogP contribution in [0.5, 0.6) is 5.88 Å². The van der Waals surface area contributed by atoms with Crippen molar-refractivity contribution in [1.29, 1.82) is 0 Å². The molecule has 0 spiro atoms. The van der Waals surface area contributed by atoms with Gasteiger partial charge in [0.25, 0.3) is 11.2 Å². The molecule has 0 aliphatic rings. The molecule has 2 aromatic carbocycles. The molecule has 140 valence electrons. The van der Waals surface area contributed by atoms with Gasteiger partial charge in [0, 0.05) is 6.07 Å².